The molecule has 0 saturated heterocycles. The van der Waals surface area contributed by atoms with Crippen molar-refractivity contribution in [2.45, 2.75) is 38.1 Å². The van der Waals surface area contributed by atoms with Gasteiger partial charge in [-0.25, -0.2) is 0 Å². The van der Waals surface area contributed by atoms with Gasteiger partial charge in [0.25, 0.3) is 11.5 Å². The van der Waals surface area contributed by atoms with Crippen molar-refractivity contribution in [2.75, 3.05) is 7.05 Å². The second-order valence-corrected chi connectivity index (χ2v) is 4.38. The Hall–Kier alpha value is -1.52. The highest BCUT2D eigenvalue weighted by molar-refractivity contribution is 5.92. The molecule has 0 radical (unpaired) electrons. The van der Waals surface area contributed by atoms with Gasteiger partial charge in [0, 0.05) is 19.2 Å². The Bertz CT molecular complexity index is 415. The van der Waals surface area contributed by atoms with Crippen LogP contribution in [0.1, 0.15) is 42.6 Å². The summed E-state index contributed by atoms with van der Waals surface area (Å²) < 4.78 is 0. The summed E-state index contributed by atoms with van der Waals surface area (Å²) in [6, 6.07) is 1.63. The minimum absolute atomic E-state index is 0.106. The van der Waals surface area contributed by atoms with E-state index in [0.717, 1.165) is 12.8 Å². The fourth-order valence-electron chi connectivity index (χ4n) is 2.27. The van der Waals surface area contributed by atoms with Gasteiger partial charge in [-0.3, -0.25) is 19.8 Å². The van der Waals surface area contributed by atoms with Crippen molar-refractivity contribution in [2.24, 2.45) is 0 Å². The number of H-pyrrole nitrogens is 2. The van der Waals surface area contributed by atoms with E-state index in [9.17, 15) is 9.59 Å². The average molecular weight is 223 g/mol. The summed E-state index contributed by atoms with van der Waals surface area (Å²) in [7, 11) is 1.81. The molecular formula is C11H17N3O2. The summed E-state index contributed by atoms with van der Waals surface area (Å²) in [5.74, 6) is -0.106. The van der Waals surface area contributed by atoms with E-state index in [-0.39, 0.29) is 11.5 Å². The molecule has 1 saturated carbocycles. The predicted molar refractivity (Wildman–Crippen MR) is 60.4 cm³/mol. The number of aromatic amines is 2. The first-order valence-electron chi connectivity index (χ1n) is 5.73. The molecule has 0 spiro atoms. The Morgan fingerprint density at radius 2 is 2.00 bits per heavy atom. The van der Waals surface area contributed by atoms with Crippen LogP contribution in [-0.2, 0) is 0 Å². The number of hydrogen-bond donors (Lipinski definition) is 2. The van der Waals surface area contributed by atoms with Crippen molar-refractivity contribution >= 4 is 5.91 Å². The van der Waals surface area contributed by atoms with Crippen LogP contribution in [0.2, 0.25) is 0 Å². The fourth-order valence-corrected chi connectivity index (χ4v) is 2.27. The van der Waals surface area contributed by atoms with Crippen LogP contribution in [0.5, 0.6) is 0 Å². The summed E-state index contributed by atoms with van der Waals surface area (Å²) in [4.78, 5) is 24.7. The van der Waals surface area contributed by atoms with Gasteiger partial charge >= 0.3 is 0 Å². The molecular weight excluding hydrogens is 206 g/mol. The zero-order valence-electron chi connectivity index (χ0n) is 9.45. The second kappa shape index (κ2) is 4.55. The molecule has 1 aromatic heterocycles. The zero-order valence-corrected chi connectivity index (χ0v) is 9.45. The highest BCUT2D eigenvalue weighted by atomic mass is 16.2. The first-order valence-corrected chi connectivity index (χ1v) is 5.73. The Morgan fingerprint density at radius 1 is 1.31 bits per heavy atom. The SMILES string of the molecule is CN(C(=O)c1cc(=O)[nH][nH]1)C1CCCCC1. The van der Waals surface area contributed by atoms with E-state index >= 15 is 0 Å². The van der Waals surface area contributed by atoms with Gasteiger partial charge in [-0.05, 0) is 12.8 Å². The summed E-state index contributed by atoms with van der Waals surface area (Å²) in [5, 5.41) is 4.98. The molecule has 0 bridgehead atoms. The Kier molecular flexibility index (Phi) is 3.12. The Balaban J connectivity index is 2.06. The molecule has 1 aliphatic rings. The van der Waals surface area contributed by atoms with Crippen LogP contribution in [-0.4, -0.2) is 34.1 Å². The maximum absolute atomic E-state index is 12.0. The molecule has 1 fully saturated rings. The fraction of sp³-hybridized carbons (Fsp3) is 0.636. The summed E-state index contributed by atoms with van der Waals surface area (Å²) >= 11 is 0. The Labute approximate surface area is 93.8 Å². The van der Waals surface area contributed by atoms with E-state index in [1.54, 1.807) is 4.90 Å². The van der Waals surface area contributed by atoms with Crippen LogP contribution in [0.4, 0.5) is 0 Å². The number of hydrogen-bond acceptors (Lipinski definition) is 2. The Morgan fingerprint density at radius 3 is 2.56 bits per heavy atom. The van der Waals surface area contributed by atoms with Crippen molar-refractivity contribution in [3.63, 3.8) is 0 Å². The molecule has 5 nitrogen and oxygen atoms in total. The van der Waals surface area contributed by atoms with Crippen molar-refractivity contribution < 1.29 is 4.79 Å². The lowest BCUT2D eigenvalue weighted by Gasteiger charge is -2.30. The number of amides is 1. The third kappa shape index (κ3) is 2.18. The van der Waals surface area contributed by atoms with Gasteiger partial charge < -0.3 is 4.90 Å². The number of aromatic nitrogens is 2. The van der Waals surface area contributed by atoms with Gasteiger partial charge in [0.1, 0.15) is 5.69 Å². The van der Waals surface area contributed by atoms with Crippen LogP contribution in [0.25, 0.3) is 0 Å². The first-order chi connectivity index (χ1) is 7.68. The molecule has 0 aromatic carbocycles. The molecule has 2 rings (SSSR count). The summed E-state index contributed by atoms with van der Waals surface area (Å²) in [6.45, 7) is 0. The van der Waals surface area contributed by atoms with Crippen molar-refractivity contribution in [3.05, 3.63) is 22.1 Å². The van der Waals surface area contributed by atoms with E-state index in [1.165, 1.54) is 25.3 Å². The third-order valence-corrected chi connectivity index (χ3v) is 3.27. The lowest BCUT2D eigenvalue weighted by atomic mass is 9.94. The van der Waals surface area contributed by atoms with Gasteiger partial charge in [0.15, 0.2) is 0 Å². The van der Waals surface area contributed by atoms with Crippen LogP contribution in [0.15, 0.2) is 10.9 Å². The largest absolute Gasteiger partial charge is 0.337 e. The smallest absolute Gasteiger partial charge is 0.271 e. The highest BCUT2D eigenvalue weighted by Gasteiger charge is 2.23. The molecule has 0 unspecified atom stereocenters. The van der Waals surface area contributed by atoms with E-state index in [2.05, 4.69) is 10.2 Å². The van der Waals surface area contributed by atoms with Crippen LogP contribution in [0.3, 0.4) is 0 Å². The minimum atomic E-state index is -0.264. The lowest BCUT2D eigenvalue weighted by molar-refractivity contribution is 0.0690. The van der Waals surface area contributed by atoms with Crippen molar-refractivity contribution in [1.82, 2.24) is 15.1 Å². The lowest BCUT2D eigenvalue weighted by Crippen LogP contribution is -2.38. The molecule has 0 aliphatic heterocycles. The van der Waals surface area contributed by atoms with Gasteiger partial charge in [-0.1, -0.05) is 19.3 Å². The second-order valence-electron chi connectivity index (χ2n) is 4.38. The zero-order chi connectivity index (χ0) is 11.5. The monoisotopic (exact) mass is 223 g/mol. The summed E-state index contributed by atoms with van der Waals surface area (Å²) in [5.41, 5.74) is 0.0819. The quantitative estimate of drug-likeness (QED) is 0.788. The van der Waals surface area contributed by atoms with E-state index in [4.69, 9.17) is 0 Å². The van der Waals surface area contributed by atoms with Crippen LogP contribution >= 0.6 is 0 Å². The predicted octanol–water partition coefficient (Wildman–Crippen LogP) is 1.11. The molecule has 1 amide bonds. The normalized spacial score (nSPS) is 17.3. The van der Waals surface area contributed by atoms with Gasteiger partial charge in [0.05, 0.1) is 0 Å². The average Bonchev–Trinajstić information content (AvgIpc) is 2.75. The maximum Gasteiger partial charge on any atom is 0.271 e. The summed E-state index contributed by atoms with van der Waals surface area (Å²) in [6.07, 6.45) is 5.77. The van der Waals surface area contributed by atoms with Gasteiger partial charge in [0.2, 0.25) is 0 Å². The minimum Gasteiger partial charge on any atom is -0.337 e. The van der Waals surface area contributed by atoms with Gasteiger partial charge in [-0.15, -0.1) is 0 Å². The van der Waals surface area contributed by atoms with Crippen molar-refractivity contribution in [3.8, 4) is 0 Å². The molecule has 16 heavy (non-hydrogen) atoms. The first kappa shape index (κ1) is 11.0. The molecule has 1 aromatic rings. The standard InChI is InChI=1S/C11H17N3O2/c1-14(8-5-3-2-4-6-8)11(16)9-7-10(15)13-12-9/h7-8H,2-6H2,1H3,(H2,12,13,15). The van der Waals surface area contributed by atoms with Gasteiger partial charge in [-0.2, -0.15) is 0 Å². The molecule has 1 heterocycles. The van der Waals surface area contributed by atoms with Crippen LogP contribution in [0, 0.1) is 0 Å². The number of nitrogens with one attached hydrogen (secondary N) is 2. The van der Waals surface area contributed by atoms with E-state index in [1.807, 2.05) is 7.05 Å². The van der Waals surface area contributed by atoms with E-state index < -0.39 is 0 Å². The van der Waals surface area contributed by atoms with Crippen molar-refractivity contribution in [1.29, 1.82) is 0 Å². The third-order valence-electron chi connectivity index (χ3n) is 3.27. The molecule has 0 atom stereocenters. The molecule has 88 valence electrons. The number of nitrogens with zero attached hydrogens (tertiary/aromatic N) is 1. The maximum atomic E-state index is 12.0. The highest BCUT2D eigenvalue weighted by Crippen LogP contribution is 2.22. The number of carbonyl (C=O) groups is 1. The van der Waals surface area contributed by atoms with E-state index in [0.29, 0.717) is 11.7 Å². The molecule has 5 heteroatoms. The topological polar surface area (TPSA) is 69.0 Å². The molecule has 1 aliphatic carbocycles. The van der Waals surface area contributed by atoms with Crippen LogP contribution < -0.4 is 5.56 Å². The molecule has 2 N–H and O–H groups in total. The number of rotatable bonds is 2. The number of carbonyl (C=O) groups excluding carboxylic acids is 1.